The molecule has 2 aromatic heterocycles. The molecule has 7 heteroatoms. The first-order valence-electron chi connectivity index (χ1n) is 7.01. The van der Waals surface area contributed by atoms with E-state index >= 15 is 0 Å². The summed E-state index contributed by atoms with van der Waals surface area (Å²) in [5.74, 6) is -0.0194. The number of nitrogens with one attached hydrogen (secondary N) is 1. The van der Waals surface area contributed by atoms with Crippen molar-refractivity contribution in [3.8, 4) is 0 Å². The number of allylic oxidation sites excluding steroid dienone is 1. The van der Waals surface area contributed by atoms with Crippen LogP contribution < -0.4 is 0 Å². The molecule has 118 valence electrons. The summed E-state index contributed by atoms with van der Waals surface area (Å²) in [5.41, 5.74) is 1.62. The number of aromatic nitrogens is 3. The van der Waals surface area contributed by atoms with Gasteiger partial charge in [0.2, 0.25) is 5.78 Å². The molecule has 0 aliphatic carbocycles. The van der Waals surface area contributed by atoms with Crippen molar-refractivity contribution in [1.82, 2.24) is 20.1 Å². The van der Waals surface area contributed by atoms with E-state index in [9.17, 15) is 4.79 Å². The summed E-state index contributed by atoms with van der Waals surface area (Å²) < 4.78 is 0.767. The van der Waals surface area contributed by atoms with Gasteiger partial charge >= 0.3 is 0 Å². The summed E-state index contributed by atoms with van der Waals surface area (Å²) in [7, 11) is 3.79. The van der Waals surface area contributed by atoms with Gasteiger partial charge in [-0.15, -0.1) is 10.2 Å². The predicted octanol–water partition coefficient (Wildman–Crippen LogP) is 3.71. The summed E-state index contributed by atoms with van der Waals surface area (Å²) in [6.07, 6.45) is 3.59. The van der Waals surface area contributed by atoms with Crippen LogP contribution in [0.1, 0.15) is 15.4 Å². The largest absolute Gasteiger partial charge is 0.382 e. The van der Waals surface area contributed by atoms with Crippen LogP contribution >= 0.6 is 23.1 Å². The van der Waals surface area contributed by atoms with Crippen molar-refractivity contribution in [2.75, 3.05) is 14.1 Å². The number of Topliss-reactive ketones (excluding diaryl/α,β-unsaturated/α-hetero) is 1. The molecule has 0 radical (unpaired) electrons. The van der Waals surface area contributed by atoms with Crippen LogP contribution in [0.4, 0.5) is 0 Å². The molecule has 0 saturated heterocycles. The number of H-pyrrole nitrogens is 1. The Hall–Kier alpha value is -2.12. The summed E-state index contributed by atoms with van der Waals surface area (Å²) in [6.45, 7) is 1.90. The van der Waals surface area contributed by atoms with Crippen LogP contribution in [-0.2, 0) is 0 Å². The van der Waals surface area contributed by atoms with Gasteiger partial charge in [-0.3, -0.25) is 4.79 Å². The zero-order chi connectivity index (χ0) is 16.4. The van der Waals surface area contributed by atoms with Crippen LogP contribution in [0.2, 0.25) is 0 Å². The van der Waals surface area contributed by atoms with Crippen molar-refractivity contribution >= 4 is 39.8 Å². The maximum Gasteiger partial charge on any atom is 0.203 e. The predicted molar refractivity (Wildman–Crippen MR) is 94.9 cm³/mol. The number of hydrogen-bond acceptors (Lipinski definition) is 6. The Morgan fingerprint density at radius 3 is 2.78 bits per heavy atom. The first-order valence-corrected chi connectivity index (χ1v) is 8.65. The SMILES string of the molecule is Cc1nnc(S/C(=C\N(C)C)C(=O)c2c[nH]c3ccccc23)s1. The highest BCUT2D eigenvalue weighted by Crippen LogP contribution is 2.33. The number of rotatable bonds is 5. The van der Waals surface area contributed by atoms with Crippen molar-refractivity contribution < 1.29 is 4.79 Å². The molecular formula is C16H16N4OS2. The van der Waals surface area contributed by atoms with Gasteiger partial charge in [-0.1, -0.05) is 41.3 Å². The number of carbonyl (C=O) groups is 1. The third-order valence-electron chi connectivity index (χ3n) is 3.14. The van der Waals surface area contributed by atoms with E-state index in [0.717, 1.165) is 20.3 Å². The van der Waals surface area contributed by atoms with E-state index < -0.39 is 0 Å². The van der Waals surface area contributed by atoms with E-state index in [-0.39, 0.29) is 5.78 Å². The van der Waals surface area contributed by atoms with Crippen LogP contribution in [0, 0.1) is 6.92 Å². The Balaban J connectivity index is 1.97. The number of aromatic amines is 1. The smallest absolute Gasteiger partial charge is 0.203 e. The van der Waals surface area contributed by atoms with E-state index in [1.807, 2.05) is 56.4 Å². The van der Waals surface area contributed by atoms with Gasteiger partial charge in [0.1, 0.15) is 5.01 Å². The lowest BCUT2D eigenvalue weighted by molar-refractivity contribution is 0.104. The fraction of sp³-hybridized carbons (Fsp3) is 0.188. The summed E-state index contributed by atoms with van der Waals surface area (Å²) >= 11 is 2.84. The van der Waals surface area contributed by atoms with Gasteiger partial charge in [0.25, 0.3) is 0 Å². The number of nitrogens with zero attached hydrogens (tertiary/aromatic N) is 3. The second-order valence-corrected chi connectivity index (χ2v) is 7.69. The van der Waals surface area contributed by atoms with E-state index in [1.165, 1.54) is 23.1 Å². The van der Waals surface area contributed by atoms with Gasteiger partial charge in [-0.25, -0.2) is 0 Å². The molecule has 0 fully saturated rings. The van der Waals surface area contributed by atoms with E-state index in [4.69, 9.17) is 0 Å². The molecule has 0 unspecified atom stereocenters. The van der Waals surface area contributed by atoms with E-state index in [2.05, 4.69) is 15.2 Å². The Morgan fingerprint density at radius 1 is 1.30 bits per heavy atom. The molecule has 0 aliphatic rings. The molecule has 1 aromatic carbocycles. The van der Waals surface area contributed by atoms with Crippen molar-refractivity contribution in [3.05, 3.63) is 52.1 Å². The van der Waals surface area contributed by atoms with Gasteiger partial charge in [0.05, 0.1) is 4.91 Å². The van der Waals surface area contributed by atoms with Gasteiger partial charge in [-0.2, -0.15) is 0 Å². The molecule has 23 heavy (non-hydrogen) atoms. The van der Waals surface area contributed by atoms with Crippen LogP contribution in [-0.4, -0.2) is 40.0 Å². The first kappa shape index (κ1) is 15.8. The molecule has 3 rings (SSSR count). The summed E-state index contributed by atoms with van der Waals surface area (Å²) in [5, 5.41) is 9.92. The lowest BCUT2D eigenvalue weighted by atomic mass is 10.1. The molecule has 0 spiro atoms. The average molecular weight is 344 g/mol. The van der Waals surface area contributed by atoms with Crippen LogP contribution in [0.15, 0.2) is 45.9 Å². The molecule has 1 N–H and O–H groups in total. The molecule has 2 heterocycles. The molecule has 0 aliphatic heterocycles. The highest BCUT2D eigenvalue weighted by atomic mass is 32.2. The minimum Gasteiger partial charge on any atom is -0.382 e. The Morgan fingerprint density at radius 2 is 2.09 bits per heavy atom. The molecular weight excluding hydrogens is 328 g/mol. The van der Waals surface area contributed by atoms with Gasteiger partial charge < -0.3 is 9.88 Å². The highest BCUT2D eigenvalue weighted by molar-refractivity contribution is 8.05. The standard InChI is InChI=1S/C16H16N4OS2/c1-10-18-19-16(22-10)23-14(9-20(2)3)15(21)12-8-17-13-7-5-4-6-11(12)13/h4-9,17H,1-3H3/b14-9-. The zero-order valence-electron chi connectivity index (χ0n) is 13.0. The number of thioether (sulfide) groups is 1. The number of carbonyl (C=O) groups excluding carboxylic acids is 1. The fourth-order valence-electron chi connectivity index (χ4n) is 2.17. The number of ketones is 1. The van der Waals surface area contributed by atoms with Crippen molar-refractivity contribution in [3.63, 3.8) is 0 Å². The van der Waals surface area contributed by atoms with Crippen LogP contribution in [0.5, 0.6) is 0 Å². The number of fused-ring (bicyclic) bond motifs is 1. The fourth-order valence-corrected chi connectivity index (χ4v) is 4.12. The summed E-state index contributed by atoms with van der Waals surface area (Å²) in [4.78, 5) is 18.6. The lowest BCUT2D eigenvalue weighted by Gasteiger charge is -2.09. The maximum absolute atomic E-state index is 13.0. The third-order valence-corrected chi connectivity index (χ3v) is 5.04. The minimum absolute atomic E-state index is 0.0194. The monoisotopic (exact) mass is 344 g/mol. The molecule has 0 atom stereocenters. The van der Waals surface area contributed by atoms with Gasteiger partial charge in [-0.05, 0) is 13.0 Å². The topological polar surface area (TPSA) is 61.9 Å². The number of hydrogen-bond donors (Lipinski definition) is 1. The molecule has 0 amide bonds. The van der Waals surface area contributed by atoms with Crippen molar-refractivity contribution in [2.45, 2.75) is 11.3 Å². The third kappa shape index (κ3) is 3.46. The average Bonchev–Trinajstić information content (AvgIpc) is 3.11. The lowest BCUT2D eigenvalue weighted by Crippen LogP contribution is -2.08. The number of para-hydroxylation sites is 1. The van der Waals surface area contributed by atoms with E-state index in [0.29, 0.717) is 10.5 Å². The first-order chi connectivity index (χ1) is 11.0. The van der Waals surface area contributed by atoms with Gasteiger partial charge in [0.15, 0.2) is 4.34 Å². The molecule has 0 saturated carbocycles. The second kappa shape index (κ2) is 6.55. The second-order valence-electron chi connectivity index (χ2n) is 5.22. The van der Waals surface area contributed by atoms with Crippen molar-refractivity contribution in [1.29, 1.82) is 0 Å². The highest BCUT2D eigenvalue weighted by Gasteiger charge is 2.19. The molecule has 0 bridgehead atoms. The van der Waals surface area contributed by atoms with E-state index in [1.54, 1.807) is 6.20 Å². The number of aryl methyl sites for hydroxylation is 1. The Bertz CT molecular complexity index is 879. The normalized spacial score (nSPS) is 11.9. The van der Waals surface area contributed by atoms with Crippen LogP contribution in [0.3, 0.4) is 0 Å². The maximum atomic E-state index is 13.0. The van der Waals surface area contributed by atoms with Crippen molar-refractivity contribution in [2.24, 2.45) is 0 Å². The Kier molecular flexibility index (Phi) is 4.49. The summed E-state index contributed by atoms with van der Waals surface area (Å²) in [6, 6.07) is 7.79. The molecule has 3 aromatic rings. The number of benzene rings is 1. The Labute approximate surface area is 142 Å². The zero-order valence-corrected chi connectivity index (χ0v) is 14.7. The quantitative estimate of drug-likeness (QED) is 0.434. The minimum atomic E-state index is -0.0194. The molecule has 5 nitrogen and oxygen atoms in total. The van der Waals surface area contributed by atoms with Gasteiger partial charge in [0, 0.05) is 43.0 Å². The van der Waals surface area contributed by atoms with Crippen LogP contribution in [0.25, 0.3) is 10.9 Å².